The number of ether oxygens (including phenoxy) is 1. The van der Waals surface area contributed by atoms with Crippen molar-refractivity contribution in [3.8, 4) is 22.9 Å². The van der Waals surface area contributed by atoms with Crippen LogP contribution >= 0.6 is 0 Å². The molecule has 0 atom stereocenters. The number of rotatable bonds is 6. The maximum Gasteiger partial charge on any atom is 0.260 e. The summed E-state index contributed by atoms with van der Waals surface area (Å²) in [6.45, 7) is 6.42. The van der Waals surface area contributed by atoms with Crippen molar-refractivity contribution < 1.29 is 9.53 Å². The second kappa shape index (κ2) is 8.36. The molecule has 1 amide bonds. The lowest BCUT2D eigenvalue weighted by Crippen LogP contribution is -2.31. The highest BCUT2D eigenvalue weighted by Gasteiger charge is 2.19. The number of likely N-dealkylation sites (N-methyl/N-ethyl adjacent to an activating group) is 1. The Kier molecular flexibility index (Phi) is 5.89. The fourth-order valence-electron chi connectivity index (χ4n) is 3.17. The summed E-state index contributed by atoms with van der Waals surface area (Å²) < 4.78 is 5.82. The number of fused-ring (bicyclic) bond motifs is 1. The summed E-state index contributed by atoms with van der Waals surface area (Å²) >= 11 is 0. The third kappa shape index (κ3) is 4.41. The summed E-state index contributed by atoms with van der Waals surface area (Å²) in [7, 11) is 1.77. The van der Waals surface area contributed by atoms with Crippen molar-refractivity contribution in [2.24, 2.45) is 0 Å². The average molecular weight is 386 g/mol. The topological polar surface area (TPSA) is 53.3 Å². The molecule has 0 aliphatic heterocycles. The number of amides is 1. The molecule has 0 bridgehead atoms. The number of hydrogen-bond acceptors (Lipinski definition) is 3. The molecule has 0 aliphatic rings. The number of nitriles is 1. The highest BCUT2D eigenvalue weighted by atomic mass is 16.5. The normalized spacial score (nSPS) is 11.1. The Morgan fingerprint density at radius 3 is 2.45 bits per heavy atom. The van der Waals surface area contributed by atoms with Crippen molar-refractivity contribution in [3.63, 3.8) is 0 Å². The zero-order valence-corrected chi connectivity index (χ0v) is 17.4. The maximum absolute atomic E-state index is 12.1. The van der Waals surface area contributed by atoms with Crippen molar-refractivity contribution in [3.05, 3.63) is 66.2 Å². The van der Waals surface area contributed by atoms with E-state index >= 15 is 0 Å². The van der Waals surface area contributed by atoms with Gasteiger partial charge in [0.1, 0.15) is 5.75 Å². The third-order valence-corrected chi connectivity index (χ3v) is 5.29. The van der Waals surface area contributed by atoms with Crippen LogP contribution in [0.1, 0.15) is 26.3 Å². The lowest BCUT2D eigenvalue weighted by atomic mass is 9.85. The van der Waals surface area contributed by atoms with E-state index in [1.165, 1.54) is 0 Å². The van der Waals surface area contributed by atoms with Gasteiger partial charge in [0.2, 0.25) is 0 Å². The van der Waals surface area contributed by atoms with Crippen molar-refractivity contribution >= 4 is 16.7 Å². The molecule has 3 rings (SSSR count). The molecule has 0 radical (unpaired) electrons. The highest BCUT2D eigenvalue weighted by Crippen LogP contribution is 2.34. The van der Waals surface area contributed by atoms with Crippen LogP contribution < -0.4 is 4.74 Å². The molecule has 0 fully saturated rings. The van der Waals surface area contributed by atoms with Crippen LogP contribution in [0, 0.1) is 11.3 Å². The maximum atomic E-state index is 12.1. The molecule has 0 N–H and O–H groups in total. The Morgan fingerprint density at radius 2 is 1.79 bits per heavy atom. The van der Waals surface area contributed by atoms with Gasteiger partial charge in [-0.2, -0.15) is 5.26 Å². The molecule has 4 nitrogen and oxygen atoms in total. The molecule has 0 aromatic heterocycles. The van der Waals surface area contributed by atoms with Crippen LogP contribution in [0.25, 0.3) is 21.9 Å². The van der Waals surface area contributed by atoms with E-state index in [1.807, 2.05) is 75.4 Å². The molecule has 4 heteroatoms. The lowest BCUT2D eigenvalue weighted by molar-refractivity contribution is -0.131. The van der Waals surface area contributed by atoms with Gasteiger partial charge in [0.15, 0.2) is 6.61 Å². The van der Waals surface area contributed by atoms with E-state index in [0.29, 0.717) is 12.3 Å². The van der Waals surface area contributed by atoms with Crippen molar-refractivity contribution in [1.82, 2.24) is 4.90 Å². The standard InChI is InChI=1S/C25H26N2O2/c1-5-27(4)24(28)16-29-21-14-19-8-6-7-9-22(19)23(15-21)18-10-12-20(13-11-18)25(2,3)17-26/h6-15H,5,16H2,1-4H3. The Morgan fingerprint density at radius 1 is 1.10 bits per heavy atom. The molecule has 148 valence electrons. The van der Waals surface area contributed by atoms with Gasteiger partial charge in [0, 0.05) is 13.6 Å². The molecule has 0 unspecified atom stereocenters. The first-order chi connectivity index (χ1) is 13.9. The van der Waals surface area contributed by atoms with Crippen LogP contribution in [-0.2, 0) is 10.2 Å². The second-order valence-electron chi connectivity index (χ2n) is 7.70. The first-order valence-electron chi connectivity index (χ1n) is 9.77. The van der Waals surface area contributed by atoms with E-state index < -0.39 is 5.41 Å². The molecular weight excluding hydrogens is 360 g/mol. The zero-order valence-electron chi connectivity index (χ0n) is 17.4. The molecule has 0 saturated carbocycles. The number of carbonyl (C=O) groups excluding carboxylic acids is 1. The van der Waals surface area contributed by atoms with Crippen LogP contribution in [0.3, 0.4) is 0 Å². The van der Waals surface area contributed by atoms with Crippen LogP contribution in [0.4, 0.5) is 0 Å². The molecule has 3 aromatic carbocycles. The van der Waals surface area contributed by atoms with Gasteiger partial charge in [-0.25, -0.2) is 0 Å². The summed E-state index contributed by atoms with van der Waals surface area (Å²) in [6.07, 6.45) is 0. The minimum absolute atomic E-state index is 0.0113. The van der Waals surface area contributed by atoms with E-state index in [0.717, 1.165) is 27.5 Å². The summed E-state index contributed by atoms with van der Waals surface area (Å²) in [4.78, 5) is 13.7. The summed E-state index contributed by atoms with van der Waals surface area (Å²) in [5, 5.41) is 11.5. The summed E-state index contributed by atoms with van der Waals surface area (Å²) in [6, 6.07) is 22.5. The molecule has 0 heterocycles. The largest absolute Gasteiger partial charge is 0.484 e. The Bertz CT molecular complexity index is 1060. The SMILES string of the molecule is CCN(C)C(=O)COc1cc(-c2ccc(C(C)(C)C#N)cc2)c2ccccc2c1. The predicted molar refractivity (Wildman–Crippen MR) is 117 cm³/mol. The summed E-state index contributed by atoms with van der Waals surface area (Å²) in [5.41, 5.74) is 2.53. The summed E-state index contributed by atoms with van der Waals surface area (Å²) in [5.74, 6) is 0.614. The third-order valence-electron chi connectivity index (χ3n) is 5.29. The van der Waals surface area contributed by atoms with Crippen LogP contribution in [0.2, 0.25) is 0 Å². The quantitative estimate of drug-likeness (QED) is 0.588. The van der Waals surface area contributed by atoms with Gasteiger partial charge >= 0.3 is 0 Å². The van der Waals surface area contributed by atoms with Gasteiger partial charge in [0.25, 0.3) is 5.91 Å². The smallest absolute Gasteiger partial charge is 0.260 e. The van der Waals surface area contributed by atoms with E-state index in [9.17, 15) is 10.1 Å². The molecule has 3 aromatic rings. The lowest BCUT2D eigenvalue weighted by Gasteiger charge is -2.17. The minimum atomic E-state index is -0.531. The Hall–Kier alpha value is -3.32. The molecule has 0 aliphatic carbocycles. The Balaban J connectivity index is 1.98. The van der Waals surface area contributed by atoms with Gasteiger partial charge in [-0.1, -0.05) is 48.5 Å². The van der Waals surface area contributed by atoms with Gasteiger partial charge in [-0.3, -0.25) is 4.79 Å². The number of nitrogens with zero attached hydrogens (tertiary/aromatic N) is 2. The fraction of sp³-hybridized carbons (Fsp3) is 0.280. The monoisotopic (exact) mass is 386 g/mol. The first kappa shape index (κ1) is 20.4. The number of benzene rings is 3. The second-order valence-corrected chi connectivity index (χ2v) is 7.70. The van der Waals surface area contributed by atoms with E-state index in [-0.39, 0.29) is 12.5 Å². The average Bonchev–Trinajstić information content (AvgIpc) is 2.76. The fourth-order valence-corrected chi connectivity index (χ4v) is 3.17. The first-order valence-corrected chi connectivity index (χ1v) is 9.77. The van der Waals surface area contributed by atoms with Gasteiger partial charge in [0.05, 0.1) is 11.5 Å². The van der Waals surface area contributed by atoms with Gasteiger partial charge in [-0.05, 0) is 60.4 Å². The zero-order chi connectivity index (χ0) is 21.0. The minimum Gasteiger partial charge on any atom is -0.484 e. The van der Waals surface area contributed by atoms with Gasteiger partial charge < -0.3 is 9.64 Å². The molecular formula is C25H26N2O2. The van der Waals surface area contributed by atoms with E-state index in [1.54, 1.807) is 11.9 Å². The van der Waals surface area contributed by atoms with Gasteiger partial charge in [-0.15, -0.1) is 0 Å². The van der Waals surface area contributed by atoms with Crippen LogP contribution in [-0.4, -0.2) is 31.0 Å². The van der Waals surface area contributed by atoms with Crippen LogP contribution in [0.5, 0.6) is 5.75 Å². The van der Waals surface area contributed by atoms with Crippen molar-refractivity contribution in [1.29, 1.82) is 5.26 Å². The van der Waals surface area contributed by atoms with Crippen molar-refractivity contribution in [2.45, 2.75) is 26.2 Å². The number of carbonyl (C=O) groups is 1. The Labute approximate surface area is 172 Å². The number of hydrogen-bond donors (Lipinski definition) is 0. The van der Waals surface area contributed by atoms with E-state index in [2.05, 4.69) is 12.1 Å². The molecule has 0 spiro atoms. The van der Waals surface area contributed by atoms with Crippen molar-refractivity contribution in [2.75, 3.05) is 20.2 Å². The van der Waals surface area contributed by atoms with E-state index in [4.69, 9.17) is 4.74 Å². The molecule has 0 saturated heterocycles. The van der Waals surface area contributed by atoms with Crippen LogP contribution in [0.15, 0.2) is 60.7 Å². The highest BCUT2D eigenvalue weighted by molar-refractivity contribution is 5.98. The predicted octanol–water partition coefficient (Wildman–Crippen LogP) is 5.17. The molecule has 29 heavy (non-hydrogen) atoms.